The van der Waals surface area contributed by atoms with E-state index in [1.165, 1.54) is 27.3 Å². The van der Waals surface area contributed by atoms with Crippen molar-refractivity contribution in [1.82, 2.24) is 9.97 Å². The largest absolute Gasteiger partial charge is 0.363 e. The predicted molar refractivity (Wildman–Crippen MR) is 127 cm³/mol. The molecule has 0 saturated carbocycles. The Labute approximate surface area is 177 Å². The molecule has 0 spiro atoms. The molecule has 0 amide bonds. The van der Waals surface area contributed by atoms with Gasteiger partial charge in [0.05, 0.1) is 17.4 Å². The van der Waals surface area contributed by atoms with Gasteiger partial charge in [0, 0.05) is 18.8 Å². The fourth-order valence-electron chi connectivity index (χ4n) is 3.79. The summed E-state index contributed by atoms with van der Waals surface area (Å²) in [5.41, 5.74) is 7.54. The van der Waals surface area contributed by atoms with Crippen molar-refractivity contribution in [3.63, 3.8) is 0 Å². The van der Waals surface area contributed by atoms with Crippen molar-refractivity contribution in [3.05, 3.63) is 82.5 Å². The maximum absolute atomic E-state index is 4.46. The van der Waals surface area contributed by atoms with Gasteiger partial charge in [-0.3, -0.25) is 0 Å². The summed E-state index contributed by atoms with van der Waals surface area (Å²) in [6.45, 7) is 6.32. The molecule has 2 aromatic carbocycles. The molecule has 0 atom stereocenters. The molecule has 0 radical (unpaired) electrons. The van der Waals surface area contributed by atoms with Gasteiger partial charge in [-0.2, -0.15) is 0 Å². The molecule has 29 heavy (non-hydrogen) atoms. The number of aromatic amines is 1. The van der Waals surface area contributed by atoms with Gasteiger partial charge in [-0.05, 0) is 59.2 Å². The van der Waals surface area contributed by atoms with Crippen molar-refractivity contribution >= 4 is 28.5 Å². The lowest BCUT2D eigenvalue weighted by molar-refractivity contribution is 0.798. The van der Waals surface area contributed by atoms with Crippen LogP contribution in [0.3, 0.4) is 0 Å². The SMILES string of the molecule is CSC1=CC=C(CN(Cc2ccc(C(C)C)cc2)c2ccc3[nH]cnc3c2)CC1. The third kappa shape index (κ3) is 4.76. The summed E-state index contributed by atoms with van der Waals surface area (Å²) in [6, 6.07) is 15.6. The van der Waals surface area contributed by atoms with Crippen molar-refractivity contribution < 1.29 is 0 Å². The summed E-state index contributed by atoms with van der Waals surface area (Å²) < 4.78 is 0. The van der Waals surface area contributed by atoms with E-state index in [9.17, 15) is 0 Å². The molecule has 0 aliphatic heterocycles. The van der Waals surface area contributed by atoms with Crippen LogP contribution in [0.15, 0.2) is 71.4 Å². The molecular formula is C25H29N3S. The molecule has 0 saturated heterocycles. The summed E-state index contributed by atoms with van der Waals surface area (Å²) in [4.78, 5) is 11.6. The van der Waals surface area contributed by atoms with E-state index < -0.39 is 0 Å². The van der Waals surface area contributed by atoms with Crippen LogP contribution in [-0.4, -0.2) is 22.8 Å². The first kappa shape index (κ1) is 19.8. The third-order valence-corrected chi connectivity index (χ3v) is 6.51. The second kappa shape index (κ2) is 8.91. The standard InChI is InChI=1S/C25H29N3S/c1-18(2)21-8-4-19(5-9-21)15-28(16-20-6-11-23(29-3)12-7-20)22-10-13-24-25(14-22)27-17-26-24/h4-6,8-11,13-14,17-18H,7,12,15-16H2,1-3H3,(H,26,27). The van der Waals surface area contributed by atoms with Gasteiger partial charge in [0.1, 0.15) is 0 Å². The quantitative estimate of drug-likeness (QED) is 0.479. The van der Waals surface area contributed by atoms with Crippen LogP contribution in [0.1, 0.15) is 43.7 Å². The van der Waals surface area contributed by atoms with E-state index in [1.54, 1.807) is 6.33 Å². The van der Waals surface area contributed by atoms with Gasteiger partial charge in [-0.15, -0.1) is 11.8 Å². The minimum Gasteiger partial charge on any atom is -0.363 e. The Morgan fingerprint density at radius 2 is 1.86 bits per heavy atom. The fourth-order valence-corrected chi connectivity index (χ4v) is 4.30. The molecule has 1 N–H and O–H groups in total. The van der Waals surface area contributed by atoms with Crippen molar-refractivity contribution in [2.24, 2.45) is 0 Å². The number of hydrogen-bond donors (Lipinski definition) is 1. The van der Waals surface area contributed by atoms with Crippen LogP contribution < -0.4 is 4.90 Å². The number of nitrogens with one attached hydrogen (secondary N) is 1. The molecule has 1 heterocycles. The number of nitrogens with zero attached hydrogens (tertiary/aromatic N) is 2. The fraction of sp³-hybridized carbons (Fsp3) is 0.320. The Hall–Kier alpha value is -2.46. The molecule has 4 rings (SSSR count). The maximum Gasteiger partial charge on any atom is 0.0931 e. The van der Waals surface area contributed by atoms with E-state index in [0.717, 1.165) is 37.0 Å². The van der Waals surface area contributed by atoms with E-state index in [2.05, 4.69) is 89.6 Å². The first-order valence-corrected chi connectivity index (χ1v) is 11.5. The zero-order valence-corrected chi connectivity index (χ0v) is 18.3. The number of benzene rings is 2. The molecule has 3 aromatic rings. The number of rotatable bonds is 7. The van der Waals surface area contributed by atoms with Crippen molar-refractivity contribution in [2.45, 2.75) is 39.2 Å². The summed E-state index contributed by atoms with van der Waals surface area (Å²) in [7, 11) is 0. The molecule has 1 aliphatic rings. The molecule has 0 bridgehead atoms. The highest BCUT2D eigenvalue weighted by Gasteiger charge is 2.14. The second-order valence-corrected chi connectivity index (χ2v) is 8.95. The van der Waals surface area contributed by atoms with E-state index >= 15 is 0 Å². The molecular weight excluding hydrogens is 374 g/mol. The summed E-state index contributed by atoms with van der Waals surface area (Å²) in [5, 5.41) is 0. The number of aromatic nitrogens is 2. The highest BCUT2D eigenvalue weighted by atomic mass is 32.2. The zero-order valence-electron chi connectivity index (χ0n) is 17.5. The van der Waals surface area contributed by atoms with Crippen LogP contribution in [0.25, 0.3) is 11.0 Å². The normalized spacial score (nSPS) is 14.2. The van der Waals surface area contributed by atoms with Gasteiger partial charge in [0.25, 0.3) is 0 Å². The average Bonchev–Trinajstić information content (AvgIpc) is 3.22. The van der Waals surface area contributed by atoms with Gasteiger partial charge < -0.3 is 9.88 Å². The smallest absolute Gasteiger partial charge is 0.0931 e. The molecule has 4 heteroatoms. The summed E-state index contributed by atoms with van der Waals surface area (Å²) >= 11 is 1.86. The Kier molecular flexibility index (Phi) is 6.10. The van der Waals surface area contributed by atoms with E-state index in [1.807, 2.05) is 11.8 Å². The lowest BCUT2D eigenvalue weighted by Crippen LogP contribution is -2.25. The molecule has 1 aromatic heterocycles. The lowest BCUT2D eigenvalue weighted by atomic mass is 10.0. The number of imidazole rings is 1. The average molecular weight is 404 g/mol. The van der Waals surface area contributed by atoms with Gasteiger partial charge in [0.2, 0.25) is 0 Å². The number of anilines is 1. The van der Waals surface area contributed by atoms with Crippen molar-refractivity contribution in [3.8, 4) is 0 Å². The molecule has 150 valence electrons. The van der Waals surface area contributed by atoms with Gasteiger partial charge >= 0.3 is 0 Å². The monoisotopic (exact) mass is 403 g/mol. The predicted octanol–water partition coefficient (Wildman–Crippen LogP) is 6.66. The second-order valence-electron chi connectivity index (χ2n) is 8.02. The molecule has 0 unspecified atom stereocenters. The van der Waals surface area contributed by atoms with Crippen LogP contribution in [0, 0.1) is 0 Å². The van der Waals surface area contributed by atoms with Crippen molar-refractivity contribution in [1.29, 1.82) is 0 Å². The minimum absolute atomic E-state index is 0.562. The number of thioether (sulfide) groups is 1. The Balaban J connectivity index is 1.61. The van der Waals surface area contributed by atoms with Gasteiger partial charge in [-0.25, -0.2) is 4.98 Å². The number of fused-ring (bicyclic) bond motifs is 1. The van der Waals surface area contributed by atoms with Crippen LogP contribution >= 0.6 is 11.8 Å². The van der Waals surface area contributed by atoms with Crippen LogP contribution in [0.5, 0.6) is 0 Å². The molecule has 0 fully saturated rings. The summed E-state index contributed by atoms with van der Waals surface area (Å²) in [6.07, 6.45) is 10.8. The number of hydrogen-bond acceptors (Lipinski definition) is 3. The van der Waals surface area contributed by atoms with Crippen LogP contribution in [-0.2, 0) is 6.54 Å². The van der Waals surface area contributed by atoms with Crippen LogP contribution in [0.4, 0.5) is 5.69 Å². The number of H-pyrrole nitrogens is 1. The van der Waals surface area contributed by atoms with Gasteiger partial charge in [-0.1, -0.05) is 55.8 Å². The van der Waals surface area contributed by atoms with E-state index in [4.69, 9.17) is 0 Å². The first-order valence-electron chi connectivity index (χ1n) is 10.3. The topological polar surface area (TPSA) is 31.9 Å². The van der Waals surface area contributed by atoms with Crippen LogP contribution in [0.2, 0.25) is 0 Å². The molecule has 1 aliphatic carbocycles. The first-order chi connectivity index (χ1) is 14.1. The zero-order chi connectivity index (χ0) is 20.2. The molecule has 3 nitrogen and oxygen atoms in total. The maximum atomic E-state index is 4.46. The van der Waals surface area contributed by atoms with Crippen molar-refractivity contribution in [2.75, 3.05) is 17.7 Å². The Morgan fingerprint density at radius 3 is 2.55 bits per heavy atom. The minimum atomic E-state index is 0.562. The highest BCUT2D eigenvalue weighted by molar-refractivity contribution is 8.02. The summed E-state index contributed by atoms with van der Waals surface area (Å²) in [5.74, 6) is 0.562. The third-order valence-electron chi connectivity index (χ3n) is 5.64. The Morgan fingerprint density at radius 1 is 1.03 bits per heavy atom. The van der Waals surface area contributed by atoms with E-state index in [0.29, 0.717) is 5.92 Å². The number of allylic oxidation sites excluding steroid dienone is 3. The lowest BCUT2D eigenvalue weighted by Gasteiger charge is -2.27. The highest BCUT2D eigenvalue weighted by Crippen LogP contribution is 2.29. The Bertz CT molecular complexity index is 1030. The van der Waals surface area contributed by atoms with Gasteiger partial charge in [0.15, 0.2) is 0 Å². The van der Waals surface area contributed by atoms with E-state index in [-0.39, 0.29) is 0 Å².